The molecule has 1 saturated heterocycles. The third-order valence-corrected chi connectivity index (χ3v) is 6.08. The van der Waals surface area contributed by atoms with Gasteiger partial charge < -0.3 is 10.2 Å². The van der Waals surface area contributed by atoms with Gasteiger partial charge in [-0.05, 0) is 45.6 Å². The minimum atomic E-state index is 0.415. The van der Waals surface area contributed by atoms with E-state index in [-0.39, 0.29) is 0 Å². The lowest BCUT2D eigenvalue weighted by Crippen LogP contribution is -2.46. The van der Waals surface area contributed by atoms with Crippen LogP contribution in [0.4, 0.5) is 5.13 Å². The van der Waals surface area contributed by atoms with Crippen LogP contribution >= 0.6 is 11.3 Å². The van der Waals surface area contributed by atoms with Gasteiger partial charge in [0.2, 0.25) is 0 Å². The topological polar surface area (TPSA) is 28.2 Å². The third-order valence-electron chi connectivity index (χ3n) is 4.86. The Morgan fingerprint density at radius 2 is 2.11 bits per heavy atom. The standard InChI is InChI=1S/C15H25N3S/c1-11(16-2)14-10-17-15(19-14)18-9-5-7-12-6-3-4-8-13(12)18/h10-13,16H,3-9H2,1-2H3/t11?,12-,13-/m1/s1. The monoisotopic (exact) mass is 279 g/mol. The Bertz CT molecular complexity index is 415. The minimum absolute atomic E-state index is 0.415. The SMILES string of the molecule is CNC(C)c1cnc(N2CCC[C@H]3CCCC[C@H]32)s1. The number of nitrogens with one attached hydrogen (secondary N) is 1. The summed E-state index contributed by atoms with van der Waals surface area (Å²) in [5, 5.41) is 4.56. The summed E-state index contributed by atoms with van der Waals surface area (Å²) in [4.78, 5) is 8.68. The summed E-state index contributed by atoms with van der Waals surface area (Å²) in [5.74, 6) is 0.927. The van der Waals surface area contributed by atoms with Crippen molar-refractivity contribution in [3.63, 3.8) is 0 Å². The number of hydrogen-bond acceptors (Lipinski definition) is 4. The summed E-state index contributed by atoms with van der Waals surface area (Å²) >= 11 is 1.88. The van der Waals surface area contributed by atoms with Crippen LogP contribution in [-0.2, 0) is 0 Å². The number of thiazole rings is 1. The van der Waals surface area contributed by atoms with E-state index < -0.39 is 0 Å². The van der Waals surface area contributed by atoms with Gasteiger partial charge in [-0.15, -0.1) is 11.3 Å². The molecule has 3 atom stereocenters. The van der Waals surface area contributed by atoms with Crippen LogP contribution < -0.4 is 10.2 Å². The molecule has 0 radical (unpaired) electrons. The zero-order valence-electron chi connectivity index (χ0n) is 12.1. The molecule has 1 aromatic rings. The highest BCUT2D eigenvalue weighted by Crippen LogP contribution is 2.39. The second-order valence-electron chi connectivity index (χ2n) is 6.00. The first-order chi connectivity index (χ1) is 9.29. The normalized spacial score (nSPS) is 29.1. The van der Waals surface area contributed by atoms with E-state index in [1.165, 1.54) is 55.1 Å². The largest absolute Gasteiger partial charge is 0.345 e. The van der Waals surface area contributed by atoms with Gasteiger partial charge in [0.15, 0.2) is 5.13 Å². The average molecular weight is 279 g/mol. The Kier molecular flexibility index (Phi) is 4.08. The van der Waals surface area contributed by atoms with Crippen LogP contribution in [0.2, 0.25) is 0 Å². The molecular weight excluding hydrogens is 254 g/mol. The molecule has 2 fully saturated rings. The Hall–Kier alpha value is -0.610. The van der Waals surface area contributed by atoms with E-state index in [2.05, 4.69) is 23.3 Å². The van der Waals surface area contributed by atoms with Gasteiger partial charge in [0.25, 0.3) is 0 Å². The molecule has 1 saturated carbocycles. The quantitative estimate of drug-likeness (QED) is 0.916. The molecule has 0 spiro atoms. The van der Waals surface area contributed by atoms with Gasteiger partial charge in [-0.25, -0.2) is 4.98 Å². The summed E-state index contributed by atoms with van der Waals surface area (Å²) in [6.45, 7) is 3.42. The number of hydrogen-bond donors (Lipinski definition) is 1. The maximum Gasteiger partial charge on any atom is 0.185 e. The summed E-state index contributed by atoms with van der Waals surface area (Å²) in [6, 6.07) is 1.18. The average Bonchev–Trinajstić information content (AvgIpc) is 2.95. The highest BCUT2D eigenvalue weighted by Gasteiger charge is 2.34. The molecule has 0 bridgehead atoms. The zero-order valence-corrected chi connectivity index (χ0v) is 12.9. The van der Waals surface area contributed by atoms with E-state index >= 15 is 0 Å². The smallest absolute Gasteiger partial charge is 0.185 e. The number of fused-ring (bicyclic) bond motifs is 1. The molecular formula is C15H25N3S. The molecule has 3 nitrogen and oxygen atoms in total. The van der Waals surface area contributed by atoms with Gasteiger partial charge in [0, 0.05) is 29.7 Å². The van der Waals surface area contributed by atoms with Crippen LogP contribution in [0.3, 0.4) is 0 Å². The van der Waals surface area contributed by atoms with Crippen molar-refractivity contribution in [1.29, 1.82) is 0 Å². The number of piperidine rings is 1. The Morgan fingerprint density at radius 3 is 2.95 bits per heavy atom. The number of aromatic nitrogens is 1. The van der Waals surface area contributed by atoms with E-state index in [1.54, 1.807) is 0 Å². The van der Waals surface area contributed by atoms with E-state index in [0.29, 0.717) is 6.04 Å². The van der Waals surface area contributed by atoms with Crippen LogP contribution in [-0.4, -0.2) is 24.6 Å². The zero-order chi connectivity index (χ0) is 13.2. The van der Waals surface area contributed by atoms with Crippen molar-refractivity contribution in [1.82, 2.24) is 10.3 Å². The summed E-state index contributed by atoms with van der Waals surface area (Å²) in [5.41, 5.74) is 0. The second kappa shape index (κ2) is 5.80. The first-order valence-electron chi connectivity index (χ1n) is 7.69. The van der Waals surface area contributed by atoms with Gasteiger partial charge in [-0.3, -0.25) is 0 Å². The van der Waals surface area contributed by atoms with Gasteiger partial charge >= 0.3 is 0 Å². The van der Waals surface area contributed by atoms with Crippen LogP contribution in [0.15, 0.2) is 6.20 Å². The molecule has 1 unspecified atom stereocenters. The van der Waals surface area contributed by atoms with Crippen molar-refractivity contribution in [3.05, 3.63) is 11.1 Å². The van der Waals surface area contributed by atoms with Crippen molar-refractivity contribution < 1.29 is 0 Å². The van der Waals surface area contributed by atoms with Crippen molar-refractivity contribution in [3.8, 4) is 0 Å². The fraction of sp³-hybridized carbons (Fsp3) is 0.800. The highest BCUT2D eigenvalue weighted by molar-refractivity contribution is 7.15. The Balaban J connectivity index is 1.78. The van der Waals surface area contributed by atoms with Crippen molar-refractivity contribution in [2.75, 3.05) is 18.5 Å². The summed E-state index contributed by atoms with van der Waals surface area (Å²) < 4.78 is 0. The van der Waals surface area contributed by atoms with Crippen molar-refractivity contribution >= 4 is 16.5 Å². The molecule has 0 amide bonds. The van der Waals surface area contributed by atoms with E-state index in [4.69, 9.17) is 4.98 Å². The maximum atomic E-state index is 4.70. The van der Waals surface area contributed by atoms with E-state index in [9.17, 15) is 0 Å². The molecule has 1 aliphatic carbocycles. The first-order valence-corrected chi connectivity index (χ1v) is 8.51. The van der Waals surface area contributed by atoms with Crippen LogP contribution in [0.1, 0.15) is 56.4 Å². The Morgan fingerprint density at radius 1 is 1.32 bits per heavy atom. The molecule has 1 N–H and O–H groups in total. The number of rotatable bonds is 3. The van der Waals surface area contributed by atoms with Crippen molar-refractivity contribution in [2.24, 2.45) is 5.92 Å². The number of anilines is 1. The molecule has 19 heavy (non-hydrogen) atoms. The fourth-order valence-corrected chi connectivity index (χ4v) is 4.67. The lowest BCUT2D eigenvalue weighted by molar-refractivity contribution is 0.243. The fourth-order valence-electron chi connectivity index (χ4n) is 3.61. The first kappa shape index (κ1) is 13.4. The minimum Gasteiger partial charge on any atom is -0.345 e. The molecule has 1 aromatic heterocycles. The lowest BCUT2D eigenvalue weighted by Gasteiger charge is -2.44. The Labute approximate surface area is 120 Å². The van der Waals surface area contributed by atoms with Crippen LogP contribution in [0, 0.1) is 5.92 Å². The van der Waals surface area contributed by atoms with Gasteiger partial charge in [0.1, 0.15) is 0 Å². The van der Waals surface area contributed by atoms with Gasteiger partial charge in [-0.2, -0.15) is 0 Å². The molecule has 0 aromatic carbocycles. The molecule has 2 aliphatic rings. The number of nitrogens with zero attached hydrogens (tertiary/aromatic N) is 2. The molecule has 2 heterocycles. The van der Waals surface area contributed by atoms with Crippen molar-refractivity contribution in [2.45, 2.75) is 57.5 Å². The predicted octanol–water partition coefficient (Wildman–Crippen LogP) is 3.58. The van der Waals surface area contributed by atoms with E-state index in [0.717, 1.165) is 12.0 Å². The second-order valence-corrected chi connectivity index (χ2v) is 7.04. The molecule has 3 rings (SSSR count). The summed E-state index contributed by atoms with van der Waals surface area (Å²) in [7, 11) is 2.02. The molecule has 106 valence electrons. The molecule has 1 aliphatic heterocycles. The third kappa shape index (κ3) is 2.65. The van der Waals surface area contributed by atoms with Gasteiger partial charge in [-0.1, -0.05) is 12.8 Å². The van der Waals surface area contributed by atoms with Gasteiger partial charge in [0.05, 0.1) is 0 Å². The molecule has 4 heteroatoms. The highest BCUT2D eigenvalue weighted by atomic mass is 32.1. The predicted molar refractivity (Wildman–Crippen MR) is 81.9 cm³/mol. The van der Waals surface area contributed by atoms with Crippen LogP contribution in [0.5, 0.6) is 0 Å². The maximum absolute atomic E-state index is 4.70. The van der Waals surface area contributed by atoms with E-state index in [1.807, 2.05) is 18.4 Å². The van der Waals surface area contributed by atoms with Crippen LogP contribution in [0.25, 0.3) is 0 Å². The summed E-state index contributed by atoms with van der Waals surface area (Å²) in [6.07, 6.45) is 10.5. The lowest BCUT2D eigenvalue weighted by atomic mass is 9.78.